The number of rotatable bonds is 3. The van der Waals surface area contributed by atoms with Crippen LogP contribution in [0.1, 0.15) is 5.56 Å². The average Bonchev–Trinajstić information content (AvgIpc) is 2.03. The molecular weight excluding hydrogens is 172 g/mol. The number of hydrogen-bond acceptors (Lipinski definition) is 0. The predicted octanol–water partition coefficient (Wildman–Crippen LogP) is 2.82. The van der Waals surface area contributed by atoms with Gasteiger partial charge in [-0.2, -0.15) is 11.1 Å². The van der Waals surface area contributed by atoms with Gasteiger partial charge in [0.15, 0.2) is 0 Å². The summed E-state index contributed by atoms with van der Waals surface area (Å²) < 4.78 is 0. The Kier molecular flexibility index (Phi) is 3.67. The van der Waals surface area contributed by atoms with Crippen LogP contribution in [0.3, 0.4) is 0 Å². The summed E-state index contributed by atoms with van der Waals surface area (Å²) in [6.45, 7) is 2.17. The van der Waals surface area contributed by atoms with E-state index in [4.69, 9.17) is 11.1 Å². The highest BCUT2D eigenvalue weighted by atomic mass is 35.6. The lowest BCUT2D eigenvalue weighted by Gasteiger charge is -2.00. The lowest BCUT2D eigenvalue weighted by atomic mass is 10.2. The summed E-state index contributed by atoms with van der Waals surface area (Å²) in [6.07, 6.45) is 1.15. The van der Waals surface area contributed by atoms with E-state index in [9.17, 15) is 0 Å². The molecule has 0 saturated heterocycles. The molecule has 1 aromatic carbocycles. The summed E-state index contributed by atoms with van der Waals surface area (Å²) in [4.78, 5) is 0. The van der Waals surface area contributed by atoms with Gasteiger partial charge in [0.2, 0.25) is 0 Å². The summed E-state index contributed by atoms with van der Waals surface area (Å²) in [7, 11) is -0.868. The molecule has 0 aliphatic carbocycles. The van der Waals surface area contributed by atoms with Crippen LogP contribution in [0.15, 0.2) is 30.3 Å². The molecule has 0 radical (unpaired) electrons. The number of aryl methyl sites for hydroxylation is 1. The van der Waals surface area contributed by atoms with E-state index in [1.807, 2.05) is 6.07 Å². The number of benzene rings is 1. The van der Waals surface area contributed by atoms with Crippen molar-refractivity contribution in [2.24, 2.45) is 0 Å². The monoisotopic (exact) mass is 184 g/mol. The van der Waals surface area contributed by atoms with Crippen LogP contribution in [0.4, 0.5) is 0 Å². The highest BCUT2D eigenvalue weighted by molar-refractivity contribution is 7.06. The summed E-state index contributed by atoms with van der Waals surface area (Å²) in [5, 5.41) is 0. The van der Waals surface area contributed by atoms with Gasteiger partial charge in [0.25, 0.3) is 0 Å². The third kappa shape index (κ3) is 3.59. The molecule has 1 unspecified atom stereocenters. The zero-order valence-corrected chi connectivity index (χ0v) is 8.67. The third-order valence-electron chi connectivity index (χ3n) is 1.67. The molecule has 0 aliphatic heterocycles. The molecule has 0 nitrogen and oxygen atoms in total. The molecule has 1 rings (SSSR count). The molecule has 0 N–H and O–H groups in total. The van der Waals surface area contributed by atoms with Gasteiger partial charge in [-0.3, -0.25) is 0 Å². The molecule has 0 amide bonds. The molecule has 60 valence electrons. The van der Waals surface area contributed by atoms with Crippen LogP contribution < -0.4 is 0 Å². The first-order valence-electron chi connectivity index (χ1n) is 3.97. The minimum Gasteiger partial charge on any atom is -0.172 e. The Labute approximate surface area is 74.5 Å². The Bertz CT molecular complexity index is 196. The van der Waals surface area contributed by atoms with Gasteiger partial charge in [0.05, 0.1) is 0 Å². The lowest BCUT2D eigenvalue weighted by Crippen LogP contribution is -1.97. The van der Waals surface area contributed by atoms with Crippen LogP contribution >= 0.6 is 11.1 Å². The van der Waals surface area contributed by atoms with Crippen molar-refractivity contribution in [3.8, 4) is 0 Å². The van der Waals surface area contributed by atoms with E-state index in [-0.39, 0.29) is 0 Å². The Morgan fingerprint density at radius 2 is 1.91 bits per heavy atom. The first-order valence-corrected chi connectivity index (χ1v) is 7.68. The zero-order chi connectivity index (χ0) is 8.10. The minimum absolute atomic E-state index is 0.868. The van der Waals surface area contributed by atoms with Crippen LogP contribution in [0, 0.1) is 0 Å². The lowest BCUT2D eigenvalue weighted by molar-refractivity contribution is 1.12. The fourth-order valence-corrected chi connectivity index (χ4v) is 2.07. The molecule has 11 heavy (non-hydrogen) atoms. The van der Waals surface area contributed by atoms with Crippen LogP contribution in [-0.4, -0.2) is 8.11 Å². The van der Waals surface area contributed by atoms with Crippen molar-refractivity contribution in [3.63, 3.8) is 0 Å². The molecule has 0 spiro atoms. The van der Waals surface area contributed by atoms with Crippen LogP contribution in [0.2, 0.25) is 12.6 Å². The first-order chi connectivity index (χ1) is 5.29. The van der Waals surface area contributed by atoms with Crippen molar-refractivity contribution in [2.75, 3.05) is 0 Å². The maximum Gasteiger partial charge on any atom is 0.138 e. The first kappa shape index (κ1) is 8.82. The quantitative estimate of drug-likeness (QED) is 0.501. The Hall–Kier alpha value is -0.273. The summed E-state index contributed by atoms with van der Waals surface area (Å²) >= 11 is 5.97. The fourth-order valence-electron chi connectivity index (χ4n) is 1.01. The van der Waals surface area contributed by atoms with E-state index in [2.05, 4.69) is 30.8 Å². The van der Waals surface area contributed by atoms with Gasteiger partial charge in [-0.15, -0.1) is 0 Å². The Balaban J connectivity index is 2.39. The van der Waals surface area contributed by atoms with Crippen LogP contribution in [0.25, 0.3) is 0 Å². The molecule has 1 aromatic rings. The van der Waals surface area contributed by atoms with Crippen molar-refractivity contribution in [1.29, 1.82) is 0 Å². The van der Waals surface area contributed by atoms with E-state index < -0.39 is 8.11 Å². The Morgan fingerprint density at radius 1 is 1.27 bits per heavy atom. The maximum absolute atomic E-state index is 5.97. The molecule has 0 bridgehead atoms. The third-order valence-corrected chi connectivity index (χ3v) is 3.41. The molecule has 2 heteroatoms. The SMILES string of the molecule is C[SiH](Cl)CCc1ccccc1. The zero-order valence-electron chi connectivity index (χ0n) is 6.76. The van der Waals surface area contributed by atoms with Crippen molar-refractivity contribution >= 4 is 19.2 Å². The molecule has 0 aromatic heterocycles. The summed E-state index contributed by atoms with van der Waals surface area (Å²) in [5.41, 5.74) is 1.41. The molecule has 0 saturated carbocycles. The predicted molar refractivity (Wildman–Crippen MR) is 53.8 cm³/mol. The van der Waals surface area contributed by atoms with Crippen molar-refractivity contribution in [1.82, 2.24) is 0 Å². The van der Waals surface area contributed by atoms with Gasteiger partial charge in [-0.1, -0.05) is 36.9 Å². The second-order valence-electron chi connectivity index (χ2n) is 2.81. The minimum atomic E-state index is -0.868. The maximum atomic E-state index is 5.97. The molecular formula is C9H13ClSi. The van der Waals surface area contributed by atoms with E-state index in [0.717, 1.165) is 6.42 Å². The second kappa shape index (κ2) is 4.57. The van der Waals surface area contributed by atoms with Crippen molar-refractivity contribution in [2.45, 2.75) is 19.0 Å². The summed E-state index contributed by atoms with van der Waals surface area (Å²) in [5.74, 6) is 0. The molecule has 1 atom stereocenters. The van der Waals surface area contributed by atoms with E-state index in [0.29, 0.717) is 0 Å². The standard InChI is InChI=1S/C9H13ClSi/c1-11(10)8-7-9-5-3-2-4-6-9/h2-6,11H,7-8H2,1H3. The fraction of sp³-hybridized carbons (Fsp3) is 0.333. The molecule has 0 aliphatic rings. The van der Waals surface area contributed by atoms with E-state index >= 15 is 0 Å². The highest BCUT2D eigenvalue weighted by Crippen LogP contribution is 2.06. The van der Waals surface area contributed by atoms with Gasteiger partial charge in [0, 0.05) is 0 Å². The summed E-state index contributed by atoms with van der Waals surface area (Å²) in [6, 6.07) is 11.7. The smallest absolute Gasteiger partial charge is 0.138 e. The van der Waals surface area contributed by atoms with Gasteiger partial charge in [-0.05, 0) is 18.0 Å². The number of halogens is 1. The topological polar surface area (TPSA) is 0 Å². The largest absolute Gasteiger partial charge is 0.172 e. The van der Waals surface area contributed by atoms with Crippen molar-refractivity contribution in [3.05, 3.63) is 35.9 Å². The second-order valence-corrected chi connectivity index (χ2v) is 7.18. The van der Waals surface area contributed by atoms with Crippen molar-refractivity contribution < 1.29 is 0 Å². The van der Waals surface area contributed by atoms with E-state index in [1.165, 1.54) is 11.6 Å². The Morgan fingerprint density at radius 3 is 2.45 bits per heavy atom. The highest BCUT2D eigenvalue weighted by Gasteiger charge is 1.98. The van der Waals surface area contributed by atoms with E-state index in [1.54, 1.807) is 0 Å². The van der Waals surface area contributed by atoms with Crippen LogP contribution in [0.5, 0.6) is 0 Å². The van der Waals surface area contributed by atoms with Gasteiger partial charge < -0.3 is 0 Å². The van der Waals surface area contributed by atoms with Crippen LogP contribution in [-0.2, 0) is 6.42 Å². The van der Waals surface area contributed by atoms with Gasteiger partial charge in [-0.25, -0.2) is 0 Å². The number of hydrogen-bond donors (Lipinski definition) is 0. The molecule has 0 fully saturated rings. The average molecular weight is 185 g/mol. The normalized spacial score (nSPS) is 12.9. The molecule has 0 heterocycles. The van der Waals surface area contributed by atoms with Gasteiger partial charge in [0.1, 0.15) is 8.11 Å². The van der Waals surface area contributed by atoms with Gasteiger partial charge >= 0.3 is 0 Å².